The molecule has 1 N–H and O–H groups in total. The molecule has 0 unspecified atom stereocenters. The Kier molecular flexibility index (Phi) is 4.87. The van der Waals surface area contributed by atoms with E-state index >= 15 is 0 Å². The van der Waals surface area contributed by atoms with Gasteiger partial charge in [0.2, 0.25) is 11.8 Å². The van der Waals surface area contributed by atoms with Crippen LogP contribution in [0.1, 0.15) is 37.6 Å². The van der Waals surface area contributed by atoms with Gasteiger partial charge in [-0.1, -0.05) is 43.6 Å². The first-order valence-electron chi connectivity index (χ1n) is 7.97. The second-order valence-corrected chi connectivity index (χ2v) is 7.93. The van der Waals surface area contributed by atoms with Crippen LogP contribution in [0.5, 0.6) is 0 Å². The molecule has 124 valence electrons. The maximum atomic E-state index is 12.7. The number of rotatable bonds is 4. The van der Waals surface area contributed by atoms with Gasteiger partial charge in [0.25, 0.3) is 0 Å². The van der Waals surface area contributed by atoms with E-state index in [9.17, 15) is 9.59 Å². The minimum Gasteiger partial charge on any atom is -0.352 e. The summed E-state index contributed by atoms with van der Waals surface area (Å²) < 4.78 is 0. The van der Waals surface area contributed by atoms with Crippen molar-refractivity contribution in [2.75, 3.05) is 5.75 Å². The molecular formula is C17H21ClN2O2S. The van der Waals surface area contributed by atoms with Gasteiger partial charge in [-0.3, -0.25) is 9.59 Å². The number of thioether (sulfide) groups is 1. The molecule has 0 radical (unpaired) electrons. The van der Waals surface area contributed by atoms with E-state index in [1.165, 1.54) is 0 Å². The van der Waals surface area contributed by atoms with Crippen LogP contribution < -0.4 is 5.32 Å². The Bertz CT molecular complexity index is 618. The van der Waals surface area contributed by atoms with Crippen molar-refractivity contribution in [1.82, 2.24) is 10.2 Å². The summed E-state index contributed by atoms with van der Waals surface area (Å²) in [5.74, 6) is 0.404. The number of halogens is 1. The van der Waals surface area contributed by atoms with Gasteiger partial charge in [0, 0.05) is 28.3 Å². The fraction of sp³-hybridized carbons (Fsp3) is 0.529. The number of amides is 2. The largest absolute Gasteiger partial charge is 0.352 e. The lowest BCUT2D eigenvalue weighted by Crippen LogP contribution is -2.49. The van der Waals surface area contributed by atoms with E-state index in [2.05, 4.69) is 5.32 Å². The Morgan fingerprint density at radius 2 is 2.00 bits per heavy atom. The van der Waals surface area contributed by atoms with E-state index in [-0.39, 0.29) is 23.1 Å². The van der Waals surface area contributed by atoms with Crippen molar-refractivity contribution in [2.24, 2.45) is 5.92 Å². The first-order valence-corrected chi connectivity index (χ1v) is 9.40. The fourth-order valence-corrected chi connectivity index (χ4v) is 4.49. The maximum absolute atomic E-state index is 12.7. The van der Waals surface area contributed by atoms with E-state index in [0.717, 1.165) is 18.4 Å². The zero-order chi connectivity index (χ0) is 16.6. The molecule has 1 aliphatic carbocycles. The van der Waals surface area contributed by atoms with Crippen LogP contribution in [-0.2, 0) is 9.59 Å². The lowest BCUT2D eigenvalue weighted by molar-refractivity contribution is -0.142. The first kappa shape index (κ1) is 16.7. The minimum absolute atomic E-state index is 0.00383. The zero-order valence-electron chi connectivity index (χ0n) is 13.3. The van der Waals surface area contributed by atoms with Crippen molar-refractivity contribution in [1.29, 1.82) is 0 Å². The van der Waals surface area contributed by atoms with Gasteiger partial charge in [-0.25, -0.2) is 0 Å². The maximum Gasteiger partial charge on any atom is 0.243 e. The van der Waals surface area contributed by atoms with E-state index in [4.69, 9.17) is 11.6 Å². The molecule has 1 aliphatic heterocycles. The summed E-state index contributed by atoms with van der Waals surface area (Å²) in [6.07, 6.45) is 2.08. The van der Waals surface area contributed by atoms with Crippen LogP contribution in [0.2, 0.25) is 5.02 Å². The molecule has 2 aliphatic rings. The van der Waals surface area contributed by atoms with Crippen molar-refractivity contribution in [2.45, 2.75) is 44.1 Å². The van der Waals surface area contributed by atoms with Crippen molar-refractivity contribution in [3.63, 3.8) is 0 Å². The summed E-state index contributed by atoms with van der Waals surface area (Å²) in [4.78, 5) is 27.0. The van der Waals surface area contributed by atoms with Crippen molar-refractivity contribution in [3.05, 3.63) is 34.9 Å². The quantitative estimate of drug-likeness (QED) is 0.905. The number of nitrogens with one attached hydrogen (secondary N) is 1. The average molecular weight is 353 g/mol. The fourth-order valence-electron chi connectivity index (χ4n) is 2.72. The Labute approximate surface area is 145 Å². The number of hydrogen-bond acceptors (Lipinski definition) is 3. The van der Waals surface area contributed by atoms with Crippen molar-refractivity contribution >= 4 is 35.2 Å². The van der Waals surface area contributed by atoms with Gasteiger partial charge in [-0.2, -0.15) is 0 Å². The van der Waals surface area contributed by atoms with Crippen LogP contribution in [0, 0.1) is 5.92 Å². The third-order valence-corrected chi connectivity index (χ3v) is 5.80. The summed E-state index contributed by atoms with van der Waals surface area (Å²) in [7, 11) is 0. The number of hydrogen-bond donors (Lipinski definition) is 1. The monoisotopic (exact) mass is 352 g/mol. The number of carbonyl (C=O) groups is 2. The zero-order valence-corrected chi connectivity index (χ0v) is 14.9. The highest BCUT2D eigenvalue weighted by Gasteiger charge is 2.44. The number of carbonyl (C=O) groups excluding carboxylic acids is 2. The molecule has 6 heteroatoms. The van der Waals surface area contributed by atoms with Gasteiger partial charge in [0.05, 0.1) is 0 Å². The summed E-state index contributed by atoms with van der Waals surface area (Å²) in [5, 5.41) is 3.46. The SMILES string of the molecule is CC(C)C(=O)N1[C@H](C(=O)NC2CC2)CS[C@H]1c1ccccc1Cl. The molecule has 1 heterocycles. The Balaban J connectivity index is 1.88. The lowest BCUT2D eigenvalue weighted by atomic mass is 10.1. The number of nitrogens with zero attached hydrogens (tertiary/aromatic N) is 1. The van der Waals surface area contributed by atoms with Crippen LogP contribution in [0.15, 0.2) is 24.3 Å². The number of benzene rings is 1. The summed E-state index contributed by atoms with van der Waals surface area (Å²) >= 11 is 7.93. The topological polar surface area (TPSA) is 49.4 Å². The van der Waals surface area contributed by atoms with Crippen molar-refractivity contribution < 1.29 is 9.59 Å². The summed E-state index contributed by atoms with van der Waals surface area (Å²) in [6.45, 7) is 3.73. The molecule has 2 amide bonds. The molecule has 4 nitrogen and oxygen atoms in total. The van der Waals surface area contributed by atoms with E-state index < -0.39 is 6.04 Å². The molecule has 0 spiro atoms. The van der Waals surface area contributed by atoms with Crippen LogP contribution in [-0.4, -0.2) is 34.6 Å². The molecule has 0 bridgehead atoms. The van der Waals surface area contributed by atoms with Gasteiger partial charge in [0.1, 0.15) is 11.4 Å². The predicted molar refractivity (Wildman–Crippen MR) is 93.3 cm³/mol. The minimum atomic E-state index is -0.420. The average Bonchev–Trinajstić information content (AvgIpc) is 3.22. The molecule has 2 fully saturated rings. The van der Waals surface area contributed by atoms with Crippen molar-refractivity contribution in [3.8, 4) is 0 Å². The molecule has 1 aromatic carbocycles. The second kappa shape index (κ2) is 6.73. The van der Waals surface area contributed by atoms with E-state index in [0.29, 0.717) is 16.8 Å². The van der Waals surface area contributed by atoms with Crippen LogP contribution in [0.25, 0.3) is 0 Å². The lowest BCUT2D eigenvalue weighted by Gasteiger charge is -2.31. The Hall–Kier alpha value is -1.20. The van der Waals surface area contributed by atoms with Gasteiger partial charge in [-0.05, 0) is 18.9 Å². The molecule has 1 saturated heterocycles. The standard InChI is InChI=1S/C17H21ClN2O2S/c1-10(2)16(22)20-14(15(21)19-11-7-8-11)9-23-17(20)12-5-3-4-6-13(12)18/h3-6,10-11,14,17H,7-9H2,1-2H3,(H,19,21)/t14-,17-/m0/s1. The molecule has 1 saturated carbocycles. The van der Waals surface area contributed by atoms with Crippen LogP contribution in [0.4, 0.5) is 0 Å². The normalized spacial score (nSPS) is 24.1. The third kappa shape index (κ3) is 3.50. The first-order chi connectivity index (χ1) is 11.0. The van der Waals surface area contributed by atoms with Gasteiger partial charge in [-0.15, -0.1) is 11.8 Å². The Morgan fingerprint density at radius 3 is 2.61 bits per heavy atom. The van der Waals surface area contributed by atoms with Gasteiger partial charge >= 0.3 is 0 Å². The van der Waals surface area contributed by atoms with Crippen LogP contribution in [0.3, 0.4) is 0 Å². The molecule has 0 aromatic heterocycles. The van der Waals surface area contributed by atoms with Crippen LogP contribution >= 0.6 is 23.4 Å². The Morgan fingerprint density at radius 1 is 1.30 bits per heavy atom. The molecule has 3 rings (SSSR count). The summed E-state index contributed by atoms with van der Waals surface area (Å²) in [6, 6.07) is 7.42. The second-order valence-electron chi connectivity index (χ2n) is 6.41. The highest BCUT2D eigenvalue weighted by molar-refractivity contribution is 7.99. The highest BCUT2D eigenvalue weighted by atomic mass is 35.5. The highest BCUT2D eigenvalue weighted by Crippen LogP contribution is 2.44. The van der Waals surface area contributed by atoms with Gasteiger partial charge < -0.3 is 10.2 Å². The third-order valence-electron chi connectivity index (χ3n) is 4.15. The van der Waals surface area contributed by atoms with E-state index in [1.54, 1.807) is 16.7 Å². The molecular weight excluding hydrogens is 332 g/mol. The van der Waals surface area contributed by atoms with E-state index in [1.807, 2.05) is 38.1 Å². The smallest absolute Gasteiger partial charge is 0.243 e. The molecule has 1 aromatic rings. The molecule has 23 heavy (non-hydrogen) atoms. The van der Waals surface area contributed by atoms with Gasteiger partial charge in [0.15, 0.2) is 0 Å². The molecule has 2 atom stereocenters. The predicted octanol–water partition coefficient (Wildman–Crippen LogP) is 3.22. The summed E-state index contributed by atoms with van der Waals surface area (Å²) in [5.41, 5.74) is 0.898.